The van der Waals surface area contributed by atoms with Gasteiger partial charge in [-0.1, -0.05) is 35.9 Å². The molecule has 5 rings (SSSR count). The molecule has 0 unspecified atom stereocenters. The quantitative estimate of drug-likeness (QED) is 0.368. The fourth-order valence-corrected chi connectivity index (χ4v) is 5.42. The number of amides is 3. The zero-order valence-corrected chi connectivity index (χ0v) is 22.2. The molecule has 1 saturated heterocycles. The Kier molecular flexibility index (Phi) is 7.69. The van der Waals surface area contributed by atoms with Crippen LogP contribution in [0.25, 0.3) is 4.85 Å². The Hall–Kier alpha value is -4.43. The standard InChI is InChI=1S/C29H23ClF3N5O3/c1-34-18-12-21(16-35-15-18)37-24(9-10-25(37)39)28(41)38(20-6-4-5-17(31)11-20)26(22-7-2-3-8-23(22)30)27(40)36-19-13-29(32,33)14-19/h2-8,11-12,15-16,19,24,26H,9-10,13-14H2,(H,36,40)/t24-,26+/m0/s1. The molecule has 3 aromatic rings. The number of pyridine rings is 1. The molecule has 0 spiro atoms. The van der Waals surface area contributed by atoms with E-state index in [0.29, 0.717) is 0 Å². The van der Waals surface area contributed by atoms with Crippen LogP contribution in [0, 0.1) is 12.4 Å². The highest BCUT2D eigenvalue weighted by Gasteiger charge is 2.48. The van der Waals surface area contributed by atoms with Crippen LogP contribution in [0.4, 0.5) is 30.2 Å². The van der Waals surface area contributed by atoms with Gasteiger partial charge in [-0.05, 0) is 36.8 Å². The number of carbonyl (C=O) groups is 3. The zero-order chi connectivity index (χ0) is 29.3. The summed E-state index contributed by atoms with van der Waals surface area (Å²) in [5.74, 6) is -5.51. The van der Waals surface area contributed by atoms with E-state index in [9.17, 15) is 27.6 Å². The summed E-state index contributed by atoms with van der Waals surface area (Å²) < 4.78 is 41.7. The van der Waals surface area contributed by atoms with Crippen LogP contribution in [0.1, 0.15) is 37.3 Å². The van der Waals surface area contributed by atoms with E-state index >= 15 is 0 Å². The molecule has 2 atom stereocenters. The topological polar surface area (TPSA) is 87.0 Å². The number of hydrogen-bond donors (Lipinski definition) is 1. The van der Waals surface area contributed by atoms with Gasteiger partial charge in [0.05, 0.1) is 12.3 Å². The third kappa shape index (κ3) is 5.74. The smallest absolute Gasteiger partial charge is 0.252 e. The average Bonchev–Trinajstić information content (AvgIpc) is 3.32. The number of rotatable bonds is 7. The Balaban J connectivity index is 1.61. The number of benzene rings is 2. The predicted molar refractivity (Wildman–Crippen MR) is 145 cm³/mol. The van der Waals surface area contributed by atoms with E-state index < -0.39 is 60.4 Å². The minimum absolute atomic E-state index is 0.00124. The van der Waals surface area contributed by atoms with Crippen LogP contribution in [0.5, 0.6) is 0 Å². The van der Waals surface area contributed by atoms with Crippen LogP contribution in [0.2, 0.25) is 5.02 Å². The first-order chi connectivity index (χ1) is 19.6. The third-order valence-electron chi connectivity index (χ3n) is 7.08. The summed E-state index contributed by atoms with van der Waals surface area (Å²) in [6.07, 6.45) is 1.61. The molecule has 1 aromatic heterocycles. The van der Waals surface area contributed by atoms with Crippen LogP contribution in [0.15, 0.2) is 67.0 Å². The van der Waals surface area contributed by atoms with Crippen molar-refractivity contribution in [2.75, 3.05) is 9.80 Å². The summed E-state index contributed by atoms with van der Waals surface area (Å²) in [4.78, 5) is 50.8. The first-order valence-corrected chi connectivity index (χ1v) is 13.1. The van der Waals surface area contributed by atoms with Crippen molar-refractivity contribution in [1.29, 1.82) is 0 Å². The van der Waals surface area contributed by atoms with Gasteiger partial charge < -0.3 is 5.32 Å². The van der Waals surface area contributed by atoms with Crippen molar-refractivity contribution in [3.8, 4) is 0 Å². The summed E-state index contributed by atoms with van der Waals surface area (Å²) in [7, 11) is 0. The first kappa shape index (κ1) is 28.1. The average molecular weight is 582 g/mol. The Labute approximate surface area is 238 Å². The van der Waals surface area contributed by atoms with Gasteiger partial charge in [-0.25, -0.2) is 18.0 Å². The molecule has 2 heterocycles. The molecule has 210 valence electrons. The van der Waals surface area contributed by atoms with Gasteiger partial charge in [-0.3, -0.25) is 29.2 Å². The molecule has 8 nitrogen and oxygen atoms in total. The van der Waals surface area contributed by atoms with Crippen molar-refractivity contribution in [2.45, 2.75) is 49.7 Å². The molecule has 0 radical (unpaired) electrons. The van der Waals surface area contributed by atoms with Gasteiger partial charge in [0, 0.05) is 54.0 Å². The SMILES string of the molecule is [C-]#[N+]c1cncc(N2C(=O)CC[C@H]2C(=O)N(c2cccc(F)c2)[C@@H](C(=O)NC2CC(F)(F)C2)c2ccccc2Cl)c1. The van der Waals surface area contributed by atoms with Gasteiger partial charge in [0.25, 0.3) is 11.8 Å². The van der Waals surface area contributed by atoms with Crippen molar-refractivity contribution in [1.82, 2.24) is 10.3 Å². The highest BCUT2D eigenvalue weighted by molar-refractivity contribution is 6.31. The number of nitrogens with zero attached hydrogens (tertiary/aromatic N) is 4. The minimum Gasteiger partial charge on any atom is -0.351 e. The summed E-state index contributed by atoms with van der Waals surface area (Å²) in [6.45, 7) is 7.28. The number of nitrogens with one attached hydrogen (secondary N) is 1. The predicted octanol–water partition coefficient (Wildman–Crippen LogP) is 5.61. The number of halogens is 4. The Bertz CT molecular complexity index is 1550. The second-order valence-electron chi connectivity index (χ2n) is 9.91. The maximum Gasteiger partial charge on any atom is 0.252 e. The number of alkyl halides is 2. The lowest BCUT2D eigenvalue weighted by Gasteiger charge is -2.39. The van der Waals surface area contributed by atoms with Gasteiger partial charge in [0.15, 0.2) is 0 Å². The number of anilines is 2. The summed E-state index contributed by atoms with van der Waals surface area (Å²) >= 11 is 6.49. The number of carbonyl (C=O) groups excluding carboxylic acids is 3. The number of aromatic nitrogens is 1. The van der Waals surface area contributed by atoms with E-state index in [1.54, 1.807) is 12.1 Å². The summed E-state index contributed by atoms with van der Waals surface area (Å²) in [5.41, 5.74) is 0.555. The molecule has 0 bridgehead atoms. The van der Waals surface area contributed by atoms with Crippen molar-refractivity contribution in [3.05, 3.63) is 94.8 Å². The molecule has 1 aliphatic heterocycles. The molecule has 3 amide bonds. The van der Waals surface area contributed by atoms with Gasteiger partial charge in [0.2, 0.25) is 17.5 Å². The molecule has 1 N–H and O–H groups in total. The maximum absolute atomic E-state index is 14.5. The molecule has 1 aliphatic carbocycles. The molecule has 12 heteroatoms. The molecule has 1 saturated carbocycles. The van der Waals surface area contributed by atoms with Crippen LogP contribution < -0.4 is 15.1 Å². The molecule has 2 aliphatic rings. The zero-order valence-electron chi connectivity index (χ0n) is 21.4. The third-order valence-corrected chi connectivity index (χ3v) is 7.42. The van der Waals surface area contributed by atoms with Gasteiger partial charge in [-0.2, -0.15) is 0 Å². The maximum atomic E-state index is 14.5. The Morgan fingerprint density at radius 3 is 2.59 bits per heavy atom. The van der Waals surface area contributed by atoms with Gasteiger partial charge in [0.1, 0.15) is 17.9 Å². The lowest BCUT2D eigenvalue weighted by molar-refractivity contribution is -0.133. The fourth-order valence-electron chi connectivity index (χ4n) is 5.18. The molecule has 2 fully saturated rings. The molecular weight excluding hydrogens is 559 g/mol. The number of hydrogen-bond acceptors (Lipinski definition) is 4. The monoisotopic (exact) mass is 581 g/mol. The van der Waals surface area contributed by atoms with E-state index in [-0.39, 0.29) is 40.5 Å². The lowest BCUT2D eigenvalue weighted by atomic mass is 9.87. The normalized spacial score (nSPS) is 18.8. The van der Waals surface area contributed by atoms with Crippen LogP contribution in [0.3, 0.4) is 0 Å². The van der Waals surface area contributed by atoms with E-state index in [2.05, 4.69) is 15.1 Å². The Morgan fingerprint density at radius 1 is 1.15 bits per heavy atom. The molecule has 41 heavy (non-hydrogen) atoms. The van der Waals surface area contributed by atoms with Gasteiger partial charge >= 0.3 is 0 Å². The summed E-state index contributed by atoms with van der Waals surface area (Å²) in [6, 6.07) is 9.22. The van der Waals surface area contributed by atoms with E-state index in [1.165, 1.54) is 53.7 Å². The van der Waals surface area contributed by atoms with Crippen LogP contribution in [-0.2, 0) is 14.4 Å². The van der Waals surface area contributed by atoms with Gasteiger partial charge in [-0.15, -0.1) is 0 Å². The summed E-state index contributed by atoms with van der Waals surface area (Å²) in [5, 5.41) is 2.71. The highest BCUT2D eigenvalue weighted by Crippen LogP contribution is 2.40. The molecular formula is C29H23ClF3N5O3. The van der Waals surface area contributed by atoms with Crippen molar-refractivity contribution in [3.63, 3.8) is 0 Å². The minimum atomic E-state index is -2.91. The second kappa shape index (κ2) is 11.2. The first-order valence-electron chi connectivity index (χ1n) is 12.7. The van der Waals surface area contributed by atoms with Crippen molar-refractivity contribution in [2.24, 2.45) is 0 Å². The van der Waals surface area contributed by atoms with E-state index in [4.69, 9.17) is 18.2 Å². The largest absolute Gasteiger partial charge is 0.351 e. The lowest BCUT2D eigenvalue weighted by Crippen LogP contribution is -2.56. The highest BCUT2D eigenvalue weighted by atomic mass is 35.5. The van der Waals surface area contributed by atoms with E-state index in [0.717, 1.165) is 11.0 Å². The van der Waals surface area contributed by atoms with Crippen molar-refractivity contribution < 1.29 is 27.6 Å². The van der Waals surface area contributed by atoms with Crippen molar-refractivity contribution >= 4 is 46.4 Å². The molecule has 2 aromatic carbocycles. The van der Waals surface area contributed by atoms with E-state index in [1.807, 2.05) is 0 Å². The Morgan fingerprint density at radius 2 is 1.90 bits per heavy atom. The fraction of sp³-hybridized carbons (Fsp3) is 0.276. The second-order valence-corrected chi connectivity index (χ2v) is 10.3. The van der Waals surface area contributed by atoms with Crippen LogP contribution >= 0.6 is 11.6 Å². The van der Waals surface area contributed by atoms with Crippen LogP contribution in [-0.4, -0.2) is 40.7 Å².